The molecule has 6 rings (SSSR count). The molecule has 0 aliphatic rings. The summed E-state index contributed by atoms with van der Waals surface area (Å²) in [5.41, 5.74) is 8.76. The molecule has 11 nitrogen and oxygen atoms in total. The summed E-state index contributed by atoms with van der Waals surface area (Å²) < 4.78 is 7.21. The quantitative estimate of drug-likeness (QED) is 0.142. The highest BCUT2D eigenvalue weighted by Crippen LogP contribution is 2.41. The predicted octanol–water partition coefficient (Wildman–Crippen LogP) is 6.06. The van der Waals surface area contributed by atoms with Crippen molar-refractivity contribution in [3.05, 3.63) is 116 Å². The van der Waals surface area contributed by atoms with Gasteiger partial charge in [0.05, 0.1) is 21.7 Å². The van der Waals surface area contributed by atoms with E-state index in [2.05, 4.69) is 11.1 Å². The number of rotatable bonds is 5. The smallest absolute Gasteiger partial charge is 0.349 e. The Kier molecular flexibility index (Phi) is 6.44. The van der Waals surface area contributed by atoms with Crippen molar-refractivity contribution in [1.82, 2.24) is 14.8 Å². The fourth-order valence-corrected chi connectivity index (χ4v) is 5.09. The molecular weight excluding hydrogens is 548 g/mol. The first-order valence-corrected chi connectivity index (χ1v) is 13.0. The summed E-state index contributed by atoms with van der Waals surface area (Å²) in [6.45, 7) is 3.54. The largest absolute Gasteiger partial charge is 0.506 e. The molecule has 11 heteroatoms. The van der Waals surface area contributed by atoms with Crippen LogP contribution in [0.2, 0.25) is 0 Å². The molecule has 0 unspecified atom stereocenters. The second-order valence-corrected chi connectivity index (χ2v) is 9.92. The molecule has 3 aromatic carbocycles. The minimum absolute atomic E-state index is 0.000246. The van der Waals surface area contributed by atoms with Crippen molar-refractivity contribution in [2.24, 2.45) is 0 Å². The Morgan fingerprint density at radius 3 is 2.49 bits per heavy atom. The predicted molar refractivity (Wildman–Crippen MR) is 161 cm³/mol. The van der Waals surface area contributed by atoms with E-state index in [0.717, 1.165) is 0 Å². The highest BCUT2D eigenvalue weighted by Gasteiger charge is 2.25. The Labute approximate surface area is 243 Å². The van der Waals surface area contributed by atoms with Gasteiger partial charge >= 0.3 is 5.63 Å². The van der Waals surface area contributed by atoms with E-state index in [9.17, 15) is 25.3 Å². The number of benzene rings is 3. The van der Waals surface area contributed by atoms with Gasteiger partial charge in [0.2, 0.25) is 0 Å². The van der Waals surface area contributed by atoms with Crippen LogP contribution >= 0.6 is 0 Å². The van der Waals surface area contributed by atoms with Gasteiger partial charge in [0.1, 0.15) is 40.0 Å². The summed E-state index contributed by atoms with van der Waals surface area (Å²) >= 11 is 0. The summed E-state index contributed by atoms with van der Waals surface area (Å²) in [6, 6.07) is 22.3. The molecule has 0 aliphatic heterocycles. The second kappa shape index (κ2) is 10.3. The van der Waals surface area contributed by atoms with Crippen molar-refractivity contribution in [2.45, 2.75) is 13.8 Å². The van der Waals surface area contributed by atoms with Gasteiger partial charge in [-0.2, -0.15) is 10.4 Å². The molecule has 0 aliphatic carbocycles. The minimum Gasteiger partial charge on any atom is -0.506 e. The third kappa shape index (κ3) is 4.53. The van der Waals surface area contributed by atoms with Crippen LogP contribution in [0.5, 0.6) is 5.75 Å². The monoisotopic (exact) mass is 570 g/mol. The third-order valence-electron chi connectivity index (χ3n) is 7.21. The Morgan fingerprint density at radius 1 is 1.02 bits per heavy atom. The Balaban J connectivity index is 1.66. The van der Waals surface area contributed by atoms with Crippen LogP contribution in [0.1, 0.15) is 16.7 Å². The molecule has 0 bridgehead atoms. The lowest BCUT2D eigenvalue weighted by Gasteiger charge is -2.13. The molecule has 0 fully saturated rings. The van der Waals surface area contributed by atoms with Gasteiger partial charge in [0, 0.05) is 35.0 Å². The average Bonchev–Trinajstić information content (AvgIpc) is 3.45. The zero-order valence-corrected chi connectivity index (χ0v) is 22.9. The number of pyridine rings is 1. The van der Waals surface area contributed by atoms with Crippen LogP contribution in [0.15, 0.2) is 88.2 Å². The van der Waals surface area contributed by atoms with Gasteiger partial charge < -0.3 is 15.3 Å². The first kappa shape index (κ1) is 26.9. The number of nitrogens with two attached hydrogens (primary N) is 1. The number of nitro groups is 1. The normalized spacial score (nSPS) is 11.0. The van der Waals surface area contributed by atoms with Crippen LogP contribution in [-0.4, -0.2) is 24.8 Å². The van der Waals surface area contributed by atoms with Gasteiger partial charge in [-0.05, 0) is 43.2 Å². The maximum Gasteiger partial charge on any atom is 0.349 e. The van der Waals surface area contributed by atoms with E-state index < -0.39 is 10.5 Å². The summed E-state index contributed by atoms with van der Waals surface area (Å²) in [6.07, 6.45) is 1.67. The SMILES string of the molecule is Cc1ccc(C)c2c(O)c(-c3cc(-c4cn(-c5ccccc5)nc4-c4cccc([N+](=O)[O-])c4)c(C#N)c(N)n3)c(=O)oc12. The molecule has 0 amide bonds. The number of aryl methyl sites for hydroxylation is 2. The van der Waals surface area contributed by atoms with E-state index in [4.69, 9.17) is 15.2 Å². The number of aromatic hydroxyl groups is 1. The van der Waals surface area contributed by atoms with Crippen LogP contribution in [0.3, 0.4) is 0 Å². The molecule has 3 heterocycles. The van der Waals surface area contributed by atoms with E-state index in [0.29, 0.717) is 39.0 Å². The highest BCUT2D eigenvalue weighted by molar-refractivity contribution is 5.95. The number of non-ortho nitro benzene ring substituents is 1. The zero-order chi connectivity index (χ0) is 30.4. The van der Waals surface area contributed by atoms with Crippen molar-refractivity contribution < 1.29 is 14.4 Å². The van der Waals surface area contributed by atoms with Crippen molar-refractivity contribution in [1.29, 1.82) is 5.26 Å². The number of hydrogen-bond donors (Lipinski definition) is 2. The molecule has 0 saturated carbocycles. The van der Waals surface area contributed by atoms with Gasteiger partial charge in [-0.1, -0.05) is 42.5 Å². The maximum atomic E-state index is 13.3. The summed E-state index contributed by atoms with van der Waals surface area (Å²) in [5.74, 6) is -0.513. The lowest BCUT2D eigenvalue weighted by molar-refractivity contribution is -0.384. The van der Waals surface area contributed by atoms with E-state index in [-0.39, 0.29) is 45.2 Å². The molecule has 6 aromatic rings. The number of nitriles is 1. The molecule has 210 valence electrons. The molecule has 3 N–H and O–H groups in total. The lowest BCUT2D eigenvalue weighted by Crippen LogP contribution is -2.08. The van der Waals surface area contributed by atoms with E-state index >= 15 is 0 Å². The van der Waals surface area contributed by atoms with E-state index in [1.54, 1.807) is 49.0 Å². The minimum atomic E-state index is -0.833. The molecule has 0 spiro atoms. The lowest BCUT2D eigenvalue weighted by atomic mass is 9.95. The molecule has 0 atom stereocenters. The summed E-state index contributed by atoms with van der Waals surface area (Å²) in [4.78, 5) is 28.6. The molecule has 3 aromatic heterocycles. The second-order valence-electron chi connectivity index (χ2n) is 9.92. The Bertz CT molecular complexity index is 2200. The number of fused-ring (bicyclic) bond motifs is 1. The maximum absolute atomic E-state index is 13.3. The Hall–Kier alpha value is -6.28. The highest BCUT2D eigenvalue weighted by atomic mass is 16.6. The molecule has 43 heavy (non-hydrogen) atoms. The molecular formula is C32H22N6O5. The van der Waals surface area contributed by atoms with Gasteiger partial charge in [-0.25, -0.2) is 14.5 Å². The van der Waals surface area contributed by atoms with Gasteiger partial charge in [0.15, 0.2) is 0 Å². The average molecular weight is 571 g/mol. The van der Waals surface area contributed by atoms with Crippen molar-refractivity contribution in [3.8, 4) is 51.1 Å². The standard InChI is InChI=1S/C32H22N6O5/c1-17-11-12-18(2)30-26(17)29(39)27(32(40)43-30)25-14-22(23(15-33)31(34)35-25)24-16-37(20-8-4-3-5-9-20)36-28(24)19-7-6-10-21(13-19)38(41)42/h3-14,16,39H,1-2H3,(H2,34,35). The van der Waals surface area contributed by atoms with Crippen LogP contribution < -0.4 is 11.4 Å². The number of nitro benzene ring substituents is 1. The Morgan fingerprint density at radius 2 is 1.77 bits per heavy atom. The number of para-hydroxylation sites is 1. The topological polar surface area (TPSA) is 174 Å². The number of hydrogen-bond acceptors (Lipinski definition) is 9. The summed E-state index contributed by atoms with van der Waals surface area (Å²) in [7, 11) is 0. The fourth-order valence-electron chi connectivity index (χ4n) is 5.09. The van der Waals surface area contributed by atoms with Crippen LogP contribution in [0, 0.1) is 35.3 Å². The number of aromatic nitrogens is 3. The van der Waals surface area contributed by atoms with Crippen LogP contribution in [0.4, 0.5) is 11.5 Å². The van der Waals surface area contributed by atoms with Crippen LogP contribution in [-0.2, 0) is 0 Å². The van der Waals surface area contributed by atoms with Crippen molar-refractivity contribution in [3.63, 3.8) is 0 Å². The van der Waals surface area contributed by atoms with E-state index in [1.165, 1.54) is 18.2 Å². The summed E-state index contributed by atoms with van der Waals surface area (Å²) in [5, 5.41) is 38.1. The van der Waals surface area contributed by atoms with Crippen molar-refractivity contribution in [2.75, 3.05) is 5.73 Å². The fraction of sp³-hybridized carbons (Fsp3) is 0.0625. The number of nitrogen functional groups attached to an aromatic ring is 1. The van der Waals surface area contributed by atoms with Gasteiger partial charge in [-0.3, -0.25) is 10.1 Å². The first-order valence-electron chi connectivity index (χ1n) is 13.0. The first-order chi connectivity index (χ1) is 20.7. The number of anilines is 1. The van der Waals surface area contributed by atoms with Gasteiger partial charge in [-0.15, -0.1) is 0 Å². The molecule has 0 saturated heterocycles. The van der Waals surface area contributed by atoms with E-state index in [1.807, 2.05) is 30.3 Å². The van der Waals surface area contributed by atoms with Crippen LogP contribution in [0.25, 0.3) is 50.3 Å². The third-order valence-corrected chi connectivity index (χ3v) is 7.21. The van der Waals surface area contributed by atoms with Gasteiger partial charge in [0.25, 0.3) is 5.69 Å². The zero-order valence-electron chi connectivity index (χ0n) is 22.9. The number of nitrogens with zero attached hydrogens (tertiary/aromatic N) is 5. The molecule has 0 radical (unpaired) electrons. The van der Waals surface area contributed by atoms with Crippen molar-refractivity contribution >= 4 is 22.5 Å².